The number of nitrogens with one attached hydrogen (secondary N) is 2. The molecule has 1 fully saturated rings. The van der Waals surface area contributed by atoms with Gasteiger partial charge in [-0.3, -0.25) is 4.79 Å². The molecular weight excluding hydrogens is 338 g/mol. The molecule has 1 aromatic carbocycles. The minimum atomic E-state index is 0. The van der Waals surface area contributed by atoms with Crippen LogP contribution < -0.4 is 10.6 Å². The molecule has 25 heavy (non-hydrogen) atoms. The summed E-state index contributed by atoms with van der Waals surface area (Å²) in [6.45, 7) is 6.20. The van der Waals surface area contributed by atoms with Crippen LogP contribution in [0.1, 0.15) is 31.9 Å². The number of aryl methyl sites for hydroxylation is 1. The summed E-state index contributed by atoms with van der Waals surface area (Å²) in [7, 11) is 0. The molecule has 1 amide bonds. The van der Waals surface area contributed by atoms with Crippen molar-refractivity contribution in [2.45, 2.75) is 33.1 Å². The van der Waals surface area contributed by atoms with Crippen LogP contribution in [0.5, 0.6) is 0 Å². The summed E-state index contributed by atoms with van der Waals surface area (Å²) in [5, 5.41) is 6.38. The zero-order chi connectivity index (χ0) is 16.9. The van der Waals surface area contributed by atoms with Crippen molar-refractivity contribution in [3.8, 4) is 11.5 Å². The molecule has 0 spiro atoms. The van der Waals surface area contributed by atoms with E-state index in [2.05, 4.69) is 22.5 Å². The maximum absolute atomic E-state index is 12.4. The van der Waals surface area contributed by atoms with Crippen molar-refractivity contribution in [2.75, 3.05) is 18.4 Å². The Bertz CT molecular complexity index is 695. The quantitative estimate of drug-likeness (QED) is 0.841. The van der Waals surface area contributed by atoms with Crippen LogP contribution in [-0.4, -0.2) is 24.0 Å². The average molecular weight is 364 g/mol. The number of amides is 1. The highest BCUT2D eigenvalue weighted by Crippen LogP contribution is 2.26. The largest absolute Gasteiger partial charge is 0.444 e. The summed E-state index contributed by atoms with van der Waals surface area (Å²) in [6, 6.07) is 7.63. The second-order valence-electron chi connectivity index (χ2n) is 6.69. The van der Waals surface area contributed by atoms with Crippen LogP contribution in [0.25, 0.3) is 11.5 Å². The minimum Gasteiger partial charge on any atom is -0.444 e. The summed E-state index contributed by atoms with van der Waals surface area (Å²) < 4.78 is 5.42. The zero-order valence-corrected chi connectivity index (χ0v) is 15.6. The maximum Gasteiger partial charge on any atom is 0.226 e. The van der Waals surface area contributed by atoms with Gasteiger partial charge in [0.15, 0.2) is 0 Å². The fourth-order valence-corrected chi connectivity index (χ4v) is 3.30. The van der Waals surface area contributed by atoms with Crippen LogP contribution in [0.15, 0.2) is 34.9 Å². The summed E-state index contributed by atoms with van der Waals surface area (Å²) in [4.78, 5) is 16.7. The summed E-state index contributed by atoms with van der Waals surface area (Å²) in [5.74, 6) is 1.69. The van der Waals surface area contributed by atoms with Gasteiger partial charge in [-0.2, -0.15) is 0 Å². The van der Waals surface area contributed by atoms with Gasteiger partial charge in [0.1, 0.15) is 6.26 Å². The molecule has 2 aromatic rings. The average Bonchev–Trinajstić information content (AvgIpc) is 3.02. The maximum atomic E-state index is 12.4. The Morgan fingerprint density at radius 1 is 1.40 bits per heavy atom. The number of nitrogens with zero attached hydrogens (tertiary/aromatic N) is 1. The highest BCUT2D eigenvalue weighted by Gasteiger charge is 2.22. The zero-order valence-electron chi connectivity index (χ0n) is 14.7. The first kappa shape index (κ1) is 19.5. The Kier molecular flexibility index (Phi) is 7.02. The van der Waals surface area contributed by atoms with Gasteiger partial charge in [-0.05, 0) is 62.9 Å². The van der Waals surface area contributed by atoms with E-state index >= 15 is 0 Å². The number of oxazole rings is 1. The molecule has 1 aromatic heterocycles. The molecule has 0 radical (unpaired) electrons. The third kappa shape index (κ3) is 5.31. The topological polar surface area (TPSA) is 67.2 Å². The van der Waals surface area contributed by atoms with Crippen molar-refractivity contribution in [3.05, 3.63) is 36.2 Å². The molecule has 1 aliphatic heterocycles. The minimum absolute atomic E-state index is 0. The third-order valence-corrected chi connectivity index (χ3v) is 4.71. The second kappa shape index (κ2) is 9.02. The molecule has 1 saturated heterocycles. The molecular formula is C19H26ClN3O2. The van der Waals surface area contributed by atoms with E-state index in [1.807, 2.05) is 31.2 Å². The fraction of sp³-hybridized carbons (Fsp3) is 0.474. The second-order valence-corrected chi connectivity index (χ2v) is 6.69. The first-order chi connectivity index (χ1) is 11.6. The molecule has 2 N–H and O–H groups in total. The highest BCUT2D eigenvalue weighted by molar-refractivity contribution is 5.91. The van der Waals surface area contributed by atoms with E-state index in [0.717, 1.165) is 42.9 Å². The SMILES string of the molecule is Cc1coc(-c2cccc(NC(=O)CC(C)C3CCNCC3)c2)n1.Cl. The Morgan fingerprint density at radius 3 is 2.84 bits per heavy atom. The summed E-state index contributed by atoms with van der Waals surface area (Å²) in [5.41, 5.74) is 2.49. The molecule has 136 valence electrons. The smallest absolute Gasteiger partial charge is 0.226 e. The van der Waals surface area contributed by atoms with Crippen molar-refractivity contribution in [3.63, 3.8) is 0 Å². The number of anilines is 1. The first-order valence-electron chi connectivity index (χ1n) is 8.65. The van der Waals surface area contributed by atoms with Gasteiger partial charge >= 0.3 is 0 Å². The van der Waals surface area contributed by atoms with E-state index < -0.39 is 0 Å². The Hall–Kier alpha value is -1.85. The van der Waals surface area contributed by atoms with Gasteiger partial charge in [-0.1, -0.05) is 13.0 Å². The molecule has 2 heterocycles. The summed E-state index contributed by atoms with van der Waals surface area (Å²) in [6.07, 6.45) is 4.51. The predicted molar refractivity (Wildman–Crippen MR) is 102 cm³/mol. The fourth-order valence-electron chi connectivity index (χ4n) is 3.30. The molecule has 6 heteroatoms. The van der Waals surface area contributed by atoms with Crippen LogP contribution in [0, 0.1) is 18.8 Å². The van der Waals surface area contributed by atoms with Crippen molar-refractivity contribution in [1.82, 2.24) is 10.3 Å². The number of carbonyl (C=O) groups excluding carboxylic acids is 1. The number of benzene rings is 1. The van der Waals surface area contributed by atoms with E-state index in [9.17, 15) is 4.79 Å². The van der Waals surface area contributed by atoms with Crippen LogP contribution in [0.4, 0.5) is 5.69 Å². The highest BCUT2D eigenvalue weighted by atomic mass is 35.5. The normalized spacial score (nSPS) is 16.1. The molecule has 0 saturated carbocycles. The molecule has 1 unspecified atom stereocenters. The Labute approximate surface area is 155 Å². The van der Waals surface area contributed by atoms with Gasteiger partial charge in [0, 0.05) is 17.7 Å². The van der Waals surface area contributed by atoms with Crippen molar-refractivity contribution >= 4 is 24.0 Å². The molecule has 5 nitrogen and oxygen atoms in total. The number of hydrogen-bond donors (Lipinski definition) is 2. The molecule has 0 bridgehead atoms. The van der Waals surface area contributed by atoms with Crippen molar-refractivity contribution in [2.24, 2.45) is 11.8 Å². The van der Waals surface area contributed by atoms with Gasteiger partial charge in [-0.15, -0.1) is 12.4 Å². The van der Waals surface area contributed by atoms with Gasteiger partial charge < -0.3 is 15.1 Å². The molecule has 0 aliphatic carbocycles. The van der Waals surface area contributed by atoms with E-state index in [1.54, 1.807) is 6.26 Å². The monoisotopic (exact) mass is 363 g/mol. The van der Waals surface area contributed by atoms with Crippen LogP contribution in [-0.2, 0) is 4.79 Å². The van der Waals surface area contributed by atoms with Gasteiger partial charge in [0.25, 0.3) is 0 Å². The molecule has 1 aliphatic rings. The number of hydrogen-bond acceptors (Lipinski definition) is 4. The Morgan fingerprint density at radius 2 is 2.16 bits per heavy atom. The van der Waals surface area contributed by atoms with E-state index in [1.165, 1.54) is 0 Å². The number of carbonyl (C=O) groups is 1. The third-order valence-electron chi connectivity index (χ3n) is 4.71. The van der Waals surface area contributed by atoms with E-state index in [0.29, 0.717) is 24.1 Å². The van der Waals surface area contributed by atoms with Crippen LogP contribution >= 0.6 is 12.4 Å². The lowest BCUT2D eigenvalue weighted by Gasteiger charge is -2.27. The first-order valence-corrected chi connectivity index (χ1v) is 8.65. The van der Waals surface area contributed by atoms with Gasteiger partial charge in [0.2, 0.25) is 11.8 Å². The van der Waals surface area contributed by atoms with Crippen molar-refractivity contribution in [1.29, 1.82) is 0 Å². The molecule has 3 rings (SSSR count). The summed E-state index contributed by atoms with van der Waals surface area (Å²) >= 11 is 0. The lowest BCUT2D eigenvalue weighted by atomic mass is 9.84. The van der Waals surface area contributed by atoms with E-state index in [-0.39, 0.29) is 18.3 Å². The van der Waals surface area contributed by atoms with E-state index in [4.69, 9.17) is 4.42 Å². The number of aromatic nitrogens is 1. The Balaban J connectivity index is 0.00000225. The van der Waals surface area contributed by atoms with Gasteiger partial charge in [0.05, 0.1) is 5.69 Å². The number of piperidine rings is 1. The lowest BCUT2D eigenvalue weighted by Crippen LogP contribution is -2.32. The lowest BCUT2D eigenvalue weighted by molar-refractivity contribution is -0.117. The van der Waals surface area contributed by atoms with Crippen molar-refractivity contribution < 1.29 is 9.21 Å². The van der Waals surface area contributed by atoms with Gasteiger partial charge in [-0.25, -0.2) is 4.98 Å². The van der Waals surface area contributed by atoms with Crippen LogP contribution in [0.2, 0.25) is 0 Å². The standard InChI is InChI=1S/C19H25N3O2.ClH/c1-13(15-6-8-20-9-7-15)10-18(23)22-17-5-3-4-16(11-17)19-21-14(2)12-24-19;/h3-5,11-13,15,20H,6-10H2,1-2H3,(H,22,23);1H. The number of halogens is 1. The van der Waals surface area contributed by atoms with Crippen LogP contribution in [0.3, 0.4) is 0 Å². The molecule has 1 atom stereocenters. The number of rotatable bonds is 5. The predicted octanol–water partition coefficient (Wildman–Crippen LogP) is 4.04.